The van der Waals surface area contributed by atoms with E-state index >= 15 is 0 Å². The van der Waals surface area contributed by atoms with E-state index in [1.807, 2.05) is 6.07 Å². The molecular formula is C12H15N3O. The Balaban J connectivity index is 2.00. The second-order valence-corrected chi connectivity index (χ2v) is 4.35. The summed E-state index contributed by atoms with van der Waals surface area (Å²) in [6, 6.07) is 3.89. The second-order valence-electron chi connectivity index (χ2n) is 4.35. The molecule has 0 aromatic carbocycles. The predicted molar refractivity (Wildman–Crippen MR) is 58.8 cm³/mol. The Bertz CT molecular complexity index is 399. The largest absolute Gasteiger partial charge is 0.460 e. The van der Waals surface area contributed by atoms with Crippen LogP contribution in [0.5, 0.6) is 6.01 Å². The maximum atomic E-state index is 8.71. The molecule has 1 aromatic rings. The highest BCUT2D eigenvalue weighted by Crippen LogP contribution is 2.26. The van der Waals surface area contributed by atoms with Crippen molar-refractivity contribution < 1.29 is 4.74 Å². The summed E-state index contributed by atoms with van der Waals surface area (Å²) in [5.74, 6) is 0.706. The average Bonchev–Trinajstić information content (AvgIpc) is 2.29. The molecule has 1 saturated carbocycles. The van der Waals surface area contributed by atoms with Crippen molar-refractivity contribution in [3.05, 3.63) is 18.0 Å². The van der Waals surface area contributed by atoms with Crippen LogP contribution in [-0.4, -0.2) is 16.1 Å². The maximum absolute atomic E-state index is 8.71. The van der Waals surface area contributed by atoms with Gasteiger partial charge >= 0.3 is 6.01 Å². The molecule has 1 aromatic heterocycles. The van der Waals surface area contributed by atoms with Gasteiger partial charge in [0.15, 0.2) is 0 Å². The van der Waals surface area contributed by atoms with Crippen LogP contribution in [-0.2, 0) is 0 Å². The molecule has 0 aliphatic heterocycles. The number of aromatic nitrogens is 2. The summed E-state index contributed by atoms with van der Waals surface area (Å²) >= 11 is 0. The molecule has 2 atom stereocenters. The van der Waals surface area contributed by atoms with E-state index in [2.05, 4.69) is 16.9 Å². The number of hydrogen-bond donors (Lipinski definition) is 0. The highest BCUT2D eigenvalue weighted by atomic mass is 16.5. The zero-order chi connectivity index (χ0) is 11.4. The lowest BCUT2D eigenvalue weighted by molar-refractivity contribution is 0.118. The molecule has 0 radical (unpaired) electrons. The smallest absolute Gasteiger partial charge is 0.317 e. The van der Waals surface area contributed by atoms with E-state index in [1.54, 1.807) is 12.3 Å². The monoisotopic (exact) mass is 217 g/mol. The molecule has 1 aliphatic carbocycles. The first-order chi connectivity index (χ1) is 7.78. The molecule has 84 valence electrons. The van der Waals surface area contributed by atoms with Gasteiger partial charge < -0.3 is 4.74 Å². The van der Waals surface area contributed by atoms with E-state index in [0.29, 0.717) is 17.6 Å². The Morgan fingerprint density at radius 2 is 2.38 bits per heavy atom. The van der Waals surface area contributed by atoms with E-state index in [0.717, 1.165) is 12.8 Å². The lowest BCUT2D eigenvalue weighted by Gasteiger charge is -2.26. The normalized spacial score (nSPS) is 24.8. The third-order valence-electron chi connectivity index (χ3n) is 2.91. The predicted octanol–water partition coefficient (Wildman–Crippen LogP) is 2.31. The molecule has 0 bridgehead atoms. The van der Waals surface area contributed by atoms with Gasteiger partial charge in [-0.2, -0.15) is 10.2 Å². The van der Waals surface area contributed by atoms with Crippen molar-refractivity contribution in [2.24, 2.45) is 5.92 Å². The summed E-state index contributed by atoms with van der Waals surface area (Å²) in [6.07, 6.45) is 6.36. The highest BCUT2D eigenvalue weighted by molar-refractivity contribution is 5.19. The van der Waals surface area contributed by atoms with E-state index in [1.165, 1.54) is 12.8 Å². The summed E-state index contributed by atoms with van der Waals surface area (Å²) in [6.45, 7) is 2.24. The summed E-state index contributed by atoms with van der Waals surface area (Å²) in [5, 5.41) is 8.71. The Kier molecular flexibility index (Phi) is 3.35. The topological polar surface area (TPSA) is 58.8 Å². The Morgan fingerprint density at radius 3 is 3.12 bits per heavy atom. The van der Waals surface area contributed by atoms with Crippen molar-refractivity contribution in [3.63, 3.8) is 0 Å². The van der Waals surface area contributed by atoms with Crippen LogP contribution < -0.4 is 4.74 Å². The average molecular weight is 217 g/mol. The summed E-state index contributed by atoms with van der Waals surface area (Å²) in [5.41, 5.74) is 0.355. The van der Waals surface area contributed by atoms with Gasteiger partial charge in [-0.3, -0.25) is 0 Å². The number of ether oxygens (including phenoxy) is 1. The number of rotatable bonds is 2. The van der Waals surface area contributed by atoms with Gasteiger partial charge in [-0.25, -0.2) is 4.98 Å². The summed E-state index contributed by atoms with van der Waals surface area (Å²) in [4.78, 5) is 8.04. The highest BCUT2D eigenvalue weighted by Gasteiger charge is 2.21. The second kappa shape index (κ2) is 4.93. The minimum atomic E-state index is 0.206. The van der Waals surface area contributed by atoms with Crippen molar-refractivity contribution in [2.75, 3.05) is 0 Å². The molecule has 0 amide bonds. The first kappa shape index (κ1) is 10.9. The third kappa shape index (κ3) is 2.69. The number of hydrogen-bond acceptors (Lipinski definition) is 4. The fourth-order valence-corrected chi connectivity index (χ4v) is 2.09. The van der Waals surface area contributed by atoms with Crippen LogP contribution in [0.25, 0.3) is 0 Å². The lowest BCUT2D eigenvalue weighted by atomic mass is 9.89. The van der Waals surface area contributed by atoms with E-state index in [-0.39, 0.29) is 6.10 Å². The van der Waals surface area contributed by atoms with Gasteiger partial charge in [0.2, 0.25) is 0 Å². The molecule has 1 fully saturated rings. The zero-order valence-electron chi connectivity index (χ0n) is 9.39. The van der Waals surface area contributed by atoms with Gasteiger partial charge in [-0.1, -0.05) is 13.3 Å². The van der Waals surface area contributed by atoms with Crippen LogP contribution >= 0.6 is 0 Å². The van der Waals surface area contributed by atoms with E-state index < -0.39 is 0 Å². The van der Waals surface area contributed by atoms with E-state index in [4.69, 9.17) is 10.00 Å². The third-order valence-corrected chi connectivity index (χ3v) is 2.91. The molecular weight excluding hydrogens is 202 g/mol. The first-order valence-corrected chi connectivity index (χ1v) is 5.67. The minimum absolute atomic E-state index is 0.206. The molecule has 0 spiro atoms. The van der Waals surface area contributed by atoms with Gasteiger partial charge in [0.25, 0.3) is 0 Å². The standard InChI is InChI=1S/C12H15N3O/c1-9-3-2-4-11(7-9)16-12-14-6-5-10(8-13)15-12/h5-6,9,11H,2-4,7H2,1H3. The van der Waals surface area contributed by atoms with Gasteiger partial charge in [0.1, 0.15) is 17.9 Å². The van der Waals surface area contributed by atoms with Gasteiger partial charge in [0, 0.05) is 6.20 Å². The van der Waals surface area contributed by atoms with Crippen LogP contribution in [0, 0.1) is 17.2 Å². The van der Waals surface area contributed by atoms with Crippen molar-refractivity contribution >= 4 is 0 Å². The fourth-order valence-electron chi connectivity index (χ4n) is 2.09. The number of nitrogens with zero attached hydrogens (tertiary/aromatic N) is 3. The van der Waals surface area contributed by atoms with Crippen LogP contribution in [0.15, 0.2) is 12.3 Å². The van der Waals surface area contributed by atoms with Crippen molar-refractivity contribution in [3.8, 4) is 12.1 Å². The fraction of sp³-hybridized carbons (Fsp3) is 0.583. The Hall–Kier alpha value is -1.63. The Labute approximate surface area is 95.3 Å². The van der Waals surface area contributed by atoms with Gasteiger partial charge in [0.05, 0.1) is 0 Å². The molecule has 1 aliphatic rings. The minimum Gasteiger partial charge on any atom is -0.460 e. The molecule has 0 saturated heterocycles. The molecule has 2 unspecified atom stereocenters. The molecule has 16 heavy (non-hydrogen) atoms. The molecule has 1 heterocycles. The van der Waals surface area contributed by atoms with Crippen molar-refractivity contribution in [2.45, 2.75) is 38.7 Å². The van der Waals surface area contributed by atoms with Crippen LogP contribution in [0.2, 0.25) is 0 Å². The van der Waals surface area contributed by atoms with Crippen LogP contribution in [0.4, 0.5) is 0 Å². The maximum Gasteiger partial charge on any atom is 0.317 e. The first-order valence-electron chi connectivity index (χ1n) is 5.67. The quantitative estimate of drug-likeness (QED) is 0.762. The summed E-state index contributed by atoms with van der Waals surface area (Å²) in [7, 11) is 0. The van der Waals surface area contributed by atoms with Gasteiger partial charge in [-0.05, 0) is 31.2 Å². The molecule has 4 heteroatoms. The Morgan fingerprint density at radius 1 is 1.50 bits per heavy atom. The number of nitriles is 1. The molecule has 2 rings (SSSR count). The zero-order valence-corrected chi connectivity index (χ0v) is 9.39. The molecule has 4 nitrogen and oxygen atoms in total. The van der Waals surface area contributed by atoms with E-state index in [9.17, 15) is 0 Å². The van der Waals surface area contributed by atoms with Crippen molar-refractivity contribution in [1.29, 1.82) is 5.26 Å². The van der Waals surface area contributed by atoms with Crippen LogP contribution in [0.1, 0.15) is 38.3 Å². The van der Waals surface area contributed by atoms with Crippen molar-refractivity contribution in [1.82, 2.24) is 9.97 Å². The lowest BCUT2D eigenvalue weighted by Crippen LogP contribution is -2.24. The van der Waals surface area contributed by atoms with Gasteiger partial charge in [-0.15, -0.1) is 0 Å². The van der Waals surface area contributed by atoms with Crippen LogP contribution in [0.3, 0.4) is 0 Å². The SMILES string of the molecule is CC1CCCC(Oc2nccc(C#N)n2)C1. The summed E-state index contributed by atoms with van der Waals surface area (Å²) < 4.78 is 5.69. The molecule has 0 N–H and O–H groups in total.